The van der Waals surface area contributed by atoms with Crippen LogP contribution in [0.25, 0.3) is 0 Å². The number of carbonyl (C=O) groups excluding carboxylic acids is 1. The summed E-state index contributed by atoms with van der Waals surface area (Å²) in [5.41, 5.74) is 1.94. The Kier molecular flexibility index (Phi) is 5.56. The van der Waals surface area contributed by atoms with Gasteiger partial charge >= 0.3 is 0 Å². The zero-order valence-corrected chi connectivity index (χ0v) is 16.9. The lowest BCUT2D eigenvalue weighted by molar-refractivity contribution is 0.0683. The van der Waals surface area contributed by atoms with Crippen LogP contribution in [-0.2, 0) is 10.0 Å². The van der Waals surface area contributed by atoms with Crippen LogP contribution in [0.1, 0.15) is 35.7 Å². The van der Waals surface area contributed by atoms with E-state index in [9.17, 15) is 13.2 Å². The third-order valence-corrected chi connectivity index (χ3v) is 6.91. The van der Waals surface area contributed by atoms with E-state index in [1.165, 1.54) is 4.31 Å². The highest BCUT2D eigenvalue weighted by Gasteiger charge is 2.25. The molecule has 1 aliphatic rings. The molecule has 0 radical (unpaired) electrons. The molecule has 1 aliphatic heterocycles. The van der Waals surface area contributed by atoms with Crippen molar-refractivity contribution in [2.75, 3.05) is 24.4 Å². The number of hydrogen-bond donors (Lipinski definition) is 0. The first-order valence-electron chi connectivity index (χ1n) is 9.24. The molecule has 5 nitrogen and oxygen atoms in total. The normalized spacial score (nSPS) is 17.6. The van der Waals surface area contributed by atoms with E-state index in [0.717, 1.165) is 31.5 Å². The minimum atomic E-state index is -3.64. The predicted octanol–water partition coefficient (Wildman–Crippen LogP) is 3.69. The van der Waals surface area contributed by atoms with Crippen molar-refractivity contribution in [3.8, 4) is 0 Å². The summed E-state index contributed by atoms with van der Waals surface area (Å²) in [6, 6.07) is 13.6. The summed E-state index contributed by atoms with van der Waals surface area (Å²) < 4.78 is 26.9. The van der Waals surface area contributed by atoms with Crippen LogP contribution in [0.3, 0.4) is 0 Å². The molecule has 2 aromatic rings. The van der Waals surface area contributed by atoms with Gasteiger partial charge in [0.15, 0.2) is 0 Å². The van der Waals surface area contributed by atoms with Crippen molar-refractivity contribution < 1.29 is 13.2 Å². The fraction of sp³-hybridized carbons (Fsp3) is 0.381. The molecule has 1 atom stereocenters. The molecule has 1 amide bonds. The van der Waals surface area contributed by atoms with Crippen molar-refractivity contribution in [2.45, 2.75) is 31.6 Å². The van der Waals surface area contributed by atoms with Crippen LogP contribution in [0.2, 0.25) is 0 Å². The highest BCUT2D eigenvalue weighted by molar-refractivity contribution is 7.92. The maximum atomic E-state index is 12.8. The van der Waals surface area contributed by atoms with Crippen LogP contribution in [0.15, 0.2) is 53.4 Å². The van der Waals surface area contributed by atoms with E-state index in [-0.39, 0.29) is 10.8 Å². The van der Waals surface area contributed by atoms with Crippen LogP contribution in [0, 0.1) is 12.8 Å². The SMILES string of the molecule is Cc1cc(C(=O)N2CCC[C@H](C)C2)ccc1N(C)S(=O)(=O)c1ccccc1. The number of rotatable bonds is 4. The third-order valence-electron chi connectivity index (χ3n) is 5.13. The van der Waals surface area contributed by atoms with Crippen molar-refractivity contribution in [3.63, 3.8) is 0 Å². The van der Waals surface area contributed by atoms with Gasteiger partial charge < -0.3 is 4.90 Å². The van der Waals surface area contributed by atoms with Crippen molar-refractivity contribution in [1.29, 1.82) is 0 Å². The quantitative estimate of drug-likeness (QED) is 0.805. The number of nitrogens with zero attached hydrogens (tertiary/aromatic N) is 2. The molecule has 0 bridgehead atoms. The summed E-state index contributed by atoms with van der Waals surface area (Å²) in [5.74, 6) is 0.537. The Hall–Kier alpha value is -2.34. The highest BCUT2D eigenvalue weighted by Crippen LogP contribution is 2.27. The molecule has 0 aliphatic carbocycles. The minimum Gasteiger partial charge on any atom is -0.338 e. The maximum absolute atomic E-state index is 12.8. The molecular formula is C21H26N2O3S. The second kappa shape index (κ2) is 7.72. The van der Waals surface area contributed by atoms with E-state index in [4.69, 9.17) is 0 Å². The first-order chi connectivity index (χ1) is 12.8. The highest BCUT2D eigenvalue weighted by atomic mass is 32.2. The summed E-state index contributed by atoms with van der Waals surface area (Å²) >= 11 is 0. The van der Waals surface area contributed by atoms with E-state index in [1.54, 1.807) is 55.6 Å². The summed E-state index contributed by atoms with van der Waals surface area (Å²) in [5, 5.41) is 0. The molecule has 0 N–H and O–H groups in total. The number of anilines is 1. The average Bonchev–Trinajstić information content (AvgIpc) is 2.67. The first kappa shape index (κ1) is 19.4. The average molecular weight is 387 g/mol. The molecule has 1 saturated heterocycles. The van der Waals surface area contributed by atoms with Crippen molar-refractivity contribution in [2.24, 2.45) is 5.92 Å². The van der Waals surface area contributed by atoms with Crippen LogP contribution in [-0.4, -0.2) is 39.4 Å². The Morgan fingerprint density at radius 3 is 2.48 bits per heavy atom. The number of hydrogen-bond acceptors (Lipinski definition) is 3. The van der Waals surface area contributed by atoms with E-state index < -0.39 is 10.0 Å². The van der Waals surface area contributed by atoms with Crippen LogP contribution in [0.4, 0.5) is 5.69 Å². The van der Waals surface area contributed by atoms with Gasteiger partial charge in [0.05, 0.1) is 10.6 Å². The van der Waals surface area contributed by atoms with Gasteiger partial charge in [-0.3, -0.25) is 9.10 Å². The standard InChI is InChI=1S/C21H26N2O3S/c1-16-8-7-13-23(15-16)21(24)18-11-12-20(17(2)14-18)22(3)27(25,26)19-9-5-4-6-10-19/h4-6,9-12,14,16H,7-8,13,15H2,1-3H3/t16-/m0/s1. The minimum absolute atomic E-state index is 0.0183. The molecule has 0 spiro atoms. The summed E-state index contributed by atoms with van der Waals surface area (Å²) in [4.78, 5) is 14.9. The second-order valence-corrected chi connectivity index (χ2v) is 9.25. The lowest BCUT2D eigenvalue weighted by atomic mass is 9.99. The van der Waals surface area contributed by atoms with E-state index in [2.05, 4.69) is 6.92 Å². The number of likely N-dealkylation sites (tertiary alicyclic amines) is 1. The van der Waals surface area contributed by atoms with Crippen LogP contribution in [0.5, 0.6) is 0 Å². The Labute approximate surface area is 161 Å². The molecular weight excluding hydrogens is 360 g/mol. The van der Waals surface area contributed by atoms with E-state index in [0.29, 0.717) is 17.2 Å². The lowest BCUT2D eigenvalue weighted by Gasteiger charge is -2.31. The Morgan fingerprint density at radius 2 is 1.85 bits per heavy atom. The van der Waals surface area contributed by atoms with Crippen LogP contribution >= 0.6 is 0 Å². The second-order valence-electron chi connectivity index (χ2n) is 7.29. The van der Waals surface area contributed by atoms with Crippen molar-refractivity contribution in [3.05, 3.63) is 59.7 Å². The summed E-state index contributed by atoms with van der Waals surface area (Å²) in [6.45, 7) is 5.56. The molecule has 1 heterocycles. The van der Waals surface area contributed by atoms with Gasteiger partial charge in [-0.1, -0.05) is 25.1 Å². The zero-order valence-electron chi connectivity index (χ0n) is 16.1. The molecule has 0 aromatic heterocycles. The van der Waals surface area contributed by atoms with Crippen molar-refractivity contribution >= 4 is 21.6 Å². The Bertz CT molecular complexity index is 926. The fourth-order valence-electron chi connectivity index (χ4n) is 3.58. The smallest absolute Gasteiger partial charge is 0.264 e. The molecule has 144 valence electrons. The number of aryl methyl sites for hydroxylation is 1. The van der Waals surface area contributed by atoms with Gasteiger partial charge in [-0.25, -0.2) is 8.42 Å². The lowest BCUT2D eigenvalue weighted by Crippen LogP contribution is -2.39. The molecule has 0 unspecified atom stereocenters. The largest absolute Gasteiger partial charge is 0.338 e. The summed E-state index contributed by atoms with van der Waals surface area (Å²) in [6.07, 6.45) is 2.19. The van der Waals surface area contributed by atoms with Gasteiger partial charge in [-0.2, -0.15) is 0 Å². The van der Waals surface area contributed by atoms with Gasteiger partial charge in [0, 0.05) is 25.7 Å². The van der Waals surface area contributed by atoms with E-state index in [1.807, 2.05) is 11.8 Å². The topological polar surface area (TPSA) is 57.7 Å². The van der Waals surface area contributed by atoms with Gasteiger partial charge in [0.25, 0.3) is 15.9 Å². The number of piperidine rings is 1. The fourth-order valence-corrected chi connectivity index (χ4v) is 4.86. The molecule has 1 fully saturated rings. The third kappa shape index (κ3) is 4.00. The Morgan fingerprint density at radius 1 is 1.15 bits per heavy atom. The molecule has 0 saturated carbocycles. The van der Waals surface area contributed by atoms with Crippen LogP contribution < -0.4 is 4.31 Å². The summed E-state index contributed by atoms with van der Waals surface area (Å²) in [7, 11) is -2.10. The first-order valence-corrected chi connectivity index (χ1v) is 10.7. The number of benzene rings is 2. The molecule has 2 aromatic carbocycles. The maximum Gasteiger partial charge on any atom is 0.264 e. The van der Waals surface area contributed by atoms with Gasteiger partial charge in [0.1, 0.15) is 0 Å². The number of sulfonamides is 1. The van der Waals surface area contributed by atoms with Crippen molar-refractivity contribution in [1.82, 2.24) is 4.90 Å². The van der Waals surface area contributed by atoms with E-state index >= 15 is 0 Å². The molecule has 3 rings (SSSR count). The molecule has 6 heteroatoms. The van der Waals surface area contributed by atoms with Gasteiger partial charge in [0.2, 0.25) is 0 Å². The predicted molar refractivity (Wildman–Crippen MR) is 108 cm³/mol. The molecule has 27 heavy (non-hydrogen) atoms. The number of carbonyl (C=O) groups is 1. The Balaban J connectivity index is 1.85. The zero-order chi connectivity index (χ0) is 19.6. The monoisotopic (exact) mass is 386 g/mol. The van der Waals surface area contributed by atoms with Gasteiger partial charge in [-0.05, 0) is 61.6 Å². The number of amides is 1. The van der Waals surface area contributed by atoms with Gasteiger partial charge in [-0.15, -0.1) is 0 Å².